The highest BCUT2D eigenvalue weighted by Crippen LogP contribution is 2.41. The lowest BCUT2D eigenvalue weighted by Crippen LogP contribution is -2.15. The number of carbonyl (C=O) groups excluding carboxylic acids is 1. The summed E-state index contributed by atoms with van der Waals surface area (Å²) in [6.45, 7) is 0. The summed E-state index contributed by atoms with van der Waals surface area (Å²) in [7, 11) is 5.91. The van der Waals surface area contributed by atoms with E-state index in [2.05, 4.69) is 15.5 Å². The molecule has 0 aliphatic carbocycles. The third-order valence-corrected chi connectivity index (χ3v) is 4.22. The molecule has 0 spiro atoms. The summed E-state index contributed by atoms with van der Waals surface area (Å²) < 4.78 is 35.2. The maximum absolute atomic E-state index is 14.1. The minimum atomic E-state index is -0.692. The topological polar surface area (TPSA) is 94.7 Å². The average molecular weight is 401 g/mol. The molecule has 152 valence electrons. The summed E-state index contributed by atoms with van der Waals surface area (Å²) >= 11 is 0. The molecular formula is C20H20FN3O5. The van der Waals surface area contributed by atoms with Gasteiger partial charge in [-0.25, -0.2) is 4.39 Å². The van der Waals surface area contributed by atoms with Crippen molar-refractivity contribution in [3.63, 3.8) is 0 Å². The Balaban J connectivity index is 1.90. The molecule has 1 heterocycles. The Morgan fingerprint density at radius 1 is 0.966 bits per heavy atom. The number of hydrogen-bond donors (Lipinski definition) is 2. The number of nitrogens with zero attached hydrogens (tertiary/aromatic N) is 1. The monoisotopic (exact) mass is 401 g/mol. The van der Waals surface area contributed by atoms with Gasteiger partial charge in [-0.3, -0.25) is 9.89 Å². The summed E-state index contributed by atoms with van der Waals surface area (Å²) in [5.41, 5.74) is 1.07. The van der Waals surface area contributed by atoms with Crippen LogP contribution >= 0.6 is 0 Å². The Morgan fingerprint density at radius 2 is 1.62 bits per heavy atom. The number of nitrogens with one attached hydrogen (secondary N) is 2. The standard InChI is InChI=1S/C20H20FN3O5/c1-26-14-7-5-6-12(21)18(14)20(25)22-17-10-13(23-24-17)11-8-15(27-2)19(29-4)16(9-11)28-3/h5-10H,1-4H3,(H2,22,23,24,25). The van der Waals surface area contributed by atoms with E-state index in [4.69, 9.17) is 18.9 Å². The van der Waals surface area contributed by atoms with Crippen LogP contribution in [0.3, 0.4) is 0 Å². The van der Waals surface area contributed by atoms with E-state index in [9.17, 15) is 9.18 Å². The van der Waals surface area contributed by atoms with Gasteiger partial charge >= 0.3 is 0 Å². The molecule has 3 rings (SSSR count). The SMILES string of the molecule is COc1cc(-c2cc(NC(=O)c3c(F)cccc3OC)n[nH]2)cc(OC)c1OC. The van der Waals surface area contributed by atoms with Gasteiger partial charge in [-0.15, -0.1) is 0 Å². The van der Waals surface area contributed by atoms with Crippen molar-refractivity contribution in [2.24, 2.45) is 0 Å². The number of aromatic nitrogens is 2. The van der Waals surface area contributed by atoms with E-state index in [1.807, 2.05) is 0 Å². The summed E-state index contributed by atoms with van der Waals surface area (Å²) in [5.74, 6) is 0.367. The minimum Gasteiger partial charge on any atom is -0.496 e. The van der Waals surface area contributed by atoms with Crippen LogP contribution in [0.2, 0.25) is 0 Å². The molecule has 29 heavy (non-hydrogen) atoms. The van der Waals surface area contributed by atoms with E-state index in [0.29, 0.717) is 28.5 Å². The number of ether oxygens (including phenoxy) is 4. The van der Waals surface area contributed by atoms with E-state index in [0.717, 1.165) is 0 Å². The van der Waals surface area contributed by atoms with Crippen molar-refractivity contribution in [3.8, 4) is 34.3 Å². The predicted octanol–water partition coefficient (Wildman–Crippen LogP) is 3.50. The van der Waals surface area contributed by atoms with Crippen LogP contribution in [0.15, 0.2) is 36.4 Å². The van der Waals surface area contributed by atoms with Gasteiger partial charge in [-0.1, -0.05) is 6.07 Å². The van der Waals surface area contributed by atoms with Crippen molar-refractivity contribution in [2.45, 2.75) is 0 Å². The molecule has 3 aromatic rings. The fourth-order valence-corrected chi connectivity index (χ4v) is 2.84. The van der Waals surface area contributed by atoms with Gasteiger partial charge in [-0.05, 0) is 24.3 Å². The first kappa shape index (κ1) is 20.0. The molecule has 0 fully saturated rings. The molecule has 0 bridgehead atoms. The highest BCUT2D eigenvalue weighted by Gasteiger charge is 2.20. The second-order valence-corrected chi connectivity index (χ2v) is 5.85. The quantitative estimate of drug-likeness (QED) is 0.629. The van der Waals surface area contributed by atoms with E-state index in [1.54, 1.807) is 18.2 Å². The van der Waals surface area contributed by atoms with Crippen molar-refractivity contribution in [1.82, 2.24) is 10.2 Å². The molecule has 1 aromatic heterocycles. The van der Waals surface area contributed by atoms with Gasteiger partial charge in [0.05, 0.1) is 34.1 Å². The van der Waals surface area contributed by atoms with E-state index in [-0.39, 0.29) is 17.1 Å². The predicted molar refractivity (Wildman–Crippen MR) is 105 cm³/mol. The third kappa shape index (κ3) is 3.93. The van der Waals surface area contributed by atoms with Crippen LogP contribution in [0.4, 0.5) is 10.2 Å². The number of rotatable bonds is 7. The van der Waals surface area contributed by atoms with Gasteiger partial charge in [0.1, 0.15) is 17.1 Å². The largest absolute Gasteiger partial charge is 0.496 e. The summed E-state index contributed by atoms with van der Waals surface area (Å²) in [5, 5.41) is 9.44. The van der Waals surface area contributed by atoms with Gasteiger partial charge in [-0.2, -0.15) is 5.10 Å². The van der Waals surface area contributed by atoms with E-state index < -0.39 is 11.7 Å². The van der Waals surface area contributed by atoms with Gasteiger partial charge in [0, 0.05) is 11.6 Å². The molecule has 9 heteroatoms. The normalized spacial score (nSPS) is 10.4. The number of aromatic amines is 1. The lowest BCUT2D eigenvalue weighted by molar-refractivity contribution is 0.101. The van der Waals surface area contributed by atoms with Crippen molar-refractivity contribution in [2.75, 3.05) is 33.8 Å². The number of carbonyl (C=O) groups is 1. The second-order valence-electron chi connectivity index (χ2n) is 5.85. The molecular weight excluding hydrogens is 381 g/mol. The molecule has 0 atom stereocenters. The van der Waals surface area contributed by atoms with Crippen LogP contribution in [0.1, 0.15) is 10.4 Å². The van der Waals surface area contributed by atoms with Gasteiger partial charge in [0.2, 0.25) is 5.75 Å². The summed E-state index contributed by atoms with van der Waals surface area (Å²) in [6.07, 6.45) is 0. The number of H-pyrrole nitrogens is 1. The molecule has 0 radical (unpaired) electrons. The van der Waals surface area contributed by atoms with Crippen LogP contribution in [0.25, 0.3) is 11.3 Å². The van der Waals surface area contributed by atoms with Crippen LogP contribution in [-0.2, 0) is 0 Å². The Labute approximate surface area is 166 Å². The Kier molecular flexibility index (Phi) is 5.87. The van der Waals surface area contributed by atoms with E-state index in [1.165, 1.54) is 46.6 Å². The number of halogens is 1. The van der Waals surface area contributed by atoms with Crippen molar-refractivity contribution < 1.29 is 28.1 Å². The highest BCUT2D eigenvalue weighted by molar-refractivity contribution is 6.06. The number of amides is 1. The zero-order valence-corrected chi connectivity index (χ0v) is 16.3. The van der Waals surface area contributed by atoms with Crippen LogP contribution in [-0.4, -0.2) is 44.5 Å². The average Bonchev–Trinajstić information content (AvgIpc) is 3.20. The lowest BCUT2D eigenvalue weighted by atomic mass is 10.1. The molecule has 0 aliphatic heterocycles. The van der Waals surface area contributed by atoms with Crippen LogP contribution in [0.5, 0.6) is 23.0 Å². The minimum absolute atomic E-state index is 0.128. The molecule has 2 N–H and O–H groups in total. The molecule has 1 amide bonds. The van der Waals surface area contributed by atoms with Gasteiger partial charge in [0.25, 0.3) is 5.91 Å². The smallest absolute Gasteiger partial charge is 0.263 e. The number of methoxy groups -OCH3 is 4. The molecule has 2 aromatic carbocycles. The fraction of sp³-hybridized carbons (Fsp3) is 0.200. The van der Waals surface area contributed by atoms with Gasteiger partial charge < -0.3 is 24.3 Å². The molecule has 0 saturated heterocycles. The Hall–Kier alpha value is -3.75. The molecule has 0 saturated carbocycles. The van der Waals surface area contributed by atoms with Crippen LogP contribution in [0, 0.1) is 5.82 Å². The Bertz CT molecular complexity index is 1010. The first-order valence-electron chi connectivity index (χ1n) is 8.52. The number of anilines is 1. The van der Waals surface area contributed by atoms with Gasteiger partial charge in [0.15, 0.2) is 17.3 Å². The van der Waals surface area contributed by atoms with E-state index >= 15 is 0 Å². The number of hydrogen-bond acceptors (Lipinski definition) is 6. The maximum atomic E-state index is 14.1. The molecule has 0 aliphatic rings. The fourth-order valence-electron chi connectivity index (χ4n) is 2.84. The zero-order valence-electron chi connectivity index (χ0n) is 16.3. The maximum Gasteiger partial charge on any atom is 0.263 e. The number of benzene rings is 2. The van der Waals surface area contributed by atoms with Crippen molar-refractivity contribution >= 4 is 11.7 Å². The first-order chi connectivity index (χ1) is 14.0. The third-order valence-electron chi connectivity index (χ3n) is 4.22. The van der Waals surface area contributed by atoms with Crippen LogP contribution < -0.4 is 24.3 Å². The zero-order chi connectivity index (χ0) is 21.0. The Morgan fingerprint density at radius 3 is 2.21 bits per heavy atom. The molecule has 8 nitrogen and oxygen atoms in total. The summed E-state index contributed by atoms with van der Waals surface area (Å²) in [6, 6.07) is 9.22. The first-order valence-corrected chi connectivity index (χ1v) is 8.52. The summed E-state index contributed by atoms with van der Waals surface area (Å²) in [4.78, 5) is 12.5. The van der Waals surface area contributed by atoms with Crippen molar-refractivity contribution in [1.29, 1.82) is 0 Å². The molecule has 0 unspecified atom stereocenters. The lowest BCUT2D eigenvalue weighted by Gasteiger charge is -2.13. The highest BCUT2D eigenvalue weighted by atomic mass is 19.1. The van der Waals surface area contributed by atoms with Crippen molar-refractivity contribution in [3.05, 3.63) is 47.8 Å². The second kappa shape index (κ2) is 8.51.